The standard InChI is InChI=1S/C24H36F5N5O4/c1-21(2,3)16(33-20(38)24(27,28)29)19(37)32-15(8-13-10-23(13,25)26)18(36)31-14(11-30-6)7-12-9-22(4,5)34-17(12)35/h11-16H,7-10H2,1-6H3,(H,31,36)(H,32,37)(H,33,38)(H,34,35)/b30-11-/t12-,13?,14+,15+,16-/m1/s1. The fourth-order valence-electron chi connectivity index (χ4n) is 4.50. The number of aliphatic imine (C=N–C) groups is 1. The smallest absolute Gasteiger partial charge is 0.351 e. The number of alkyl halides is 5. The van der Waals surface area contributed by atoms with Gasteiger partial charge in [0, 0.05) is 37.1 Å². The number of carbonyl (C=O) groups is 4. The van der Waals surface area contributed by atoms with Crippen LogP contribution in [0.5, 0.6) is 0 Å². The van der Waals surface area contributed by atoms with Gasteiger partial charge in [-0.05, 0) is 38.5 Å². The lowest BCUT2D eigenvalue weighted by atomic mass is 9.85. The lowest BCUT2D eigenvalue weighted by Gasteiger charge is -2.32. The van der Waals surface area contributed by atoms with Crippen molar-refractivity contribution in [2.75, 3.05) is 7.05 Å². The molecule has 1 heterocycles. The Morgan fingerprint density at radius 2 is 1.63 bits per heavy atom. The summed E-state index contributed by atoms with van der Waals surface area (Å²) in [5, 5.41) is 9.33. The zero-order chi connectivity index (χ0) is 29.3. The summed E-state index contributed by atoms with van der Waals surface area (Å²) >= 11 is 0. The fourth-order valence-corrected chi connectivity index (χ4v) is 4.50. The van der Waals surface area contributed by atoms with Crippen molar-refractivity contribution in [1.82, 2.24) is 21.3 Å². The van der Waals surface area contributed by atoms with Crippen LogP contribution in [0.25, 0.3) is 0 Å². The van der Waals surface area contributed by atoms with Crippen molar-refractivity contribution in [1.29, 1.82) is 0 Å². The van der Waals surface area contributed by atoms with E-state index in [-0.39, 0.29) is 12.3 Å². The van der Waals surface area contributed by atoms with Crippen LogP contribution in [0, 0.1) is 17.3 Å². The Morgan fingerprint density at radius 3 is 2.05 bits per heavy atom. The van der Waals surface area contributed by atoms with E-state index in [0.717, 1.165) is 0 Å². The molecule has 2 rings (SSSR count). The minimum atomic E-state index is -5.26. The van der Waals surface area contributed by atoms with Crippen LogP contribution in [0.2, 0.25) is 0 Å². The van der Waals surface area contributed by atoms with Crippen LogP contribution in [0.15, 0.2) is 4.99 Å². The van der Waals surface area contributed by atoms with Crippen LogP contribution in [-0.4, -0.2) is 72.7 Å². The highest BCUT2D eigenvalue weighted by molar-refractivity contribution is 5.94. The molecule has 4 N–H and O–H groups in total. The third kappa shape index (κ3) is 8.62. The van der Waals surface area contributed by atoms with Gasteiger partial charge in [0.1, 0.15) is 12.1 Å². The van der Waals surface area contributed by atoms with Gasteiger partial charge in [0.15, 0.2) is 0 Å². The van der Waals surface area contributed by atoms with Crippen molar-refractivity contribution in [3.05, 3.63) is 0 Å². The Balaban J connectivity index is 2.21. The maximum Gasteiger partial charge on any atom is 0.471 e. The highest BCUT2D eigenvalue weighted by atomic mass is 19.4. The first-order chi connectivity index (χ1) is 17.2. The van der Waals surface area contributed by atoms with Crippen molar-refractivity contribution in [2.45, 2.75) is 96.1 Å². The molecule has 2 aliphatic rings. The summed E-state index contributed by atoms with van der Waals surface area (Å²) < 4.78 is 65.9. The number of amides is 4. The molecule has 1 saturated heterocycles. The molecule has 0 aromatic rings. The lowest BCUT2D eigenvalue weighted by molar-refractivity contribution is -0.175. The largest absolute Gasteiger partial charge is 0.471 e. The van der Waals surface area contributed by atoms with Crippen LogP contribution < -0.4 is 21.3 Å². The zero-order valence-corrected chi connectivity index (χ0v) is 22.3. The Bertz CT molecular complexity index is 961. The molecule has 0 radical (unpaired) electrons. The van der Waals surface area contributed by atoms with Gasteiger partial charge in [-0.15, -0.1) is 0 Å². The molecular weight excluding hydrogens is 517 g/mol. The maximum absolute atomic E-state index is 13.7. The molecule has 1 aliphatic heterocycles. The van der Waals surface area contributed by atoms with Gasteiger partial charge in [-0.1, -0.05) is 20.8 Å². The van der Waals surface area contributed by atoms with Crippen LogP contribution >= 0.6 is 0 Å². The number of hydrogen-bond acceptors (Lipinski definition) is 5. The van der Waals surface area contributed by atoms with Crippen molar-refractivity contribution in [3.8, 4) is 0 Å². The average Bonchev–Trinajstić information content (AvgIpc) is 3.23. The normalized spacial score (nSPS) is 24.8. The number of nitrogens with zero attached hydrogens (tertiary/aromatic N) is 1. The highest BCUT2D eigenvalue weighted by Crippen LogP contribution is 2.51. The Hall–Kier alpha value is -2.80. The van der Waals surface area contributed by atoms with Crippen LogP contribution in [0.1, 0.15) is 60.3 Å². The number of halogens is 5. The van der Waals surface area contributed by atoms with E-state index in [2.05, 4.69) is 20.9 Å². The van der Waals surface area contributed by atoms with E-state index in [9.17, 15) is 41.1 Å². The molecule has 1 unspecified atom stereocenters. The molecule has 14 heteroatoms. The summed E-state index contributed by atoms with van der Waals surface area (Å²) in [7, 11) is 1.44. The van der Waals surface area contributed by atoms with Crippen molar-refractivity contribution < 1.29 is 41.1 Å². The number of carbonyl (C=O) groups excluding carboxylic acids is 4. The third-order valence-electron chi connectivity index (χ3n) is 6.55. The van der Waals surface area contributed by atoms with Gasteiger partial charge in [0.2, 0.25) is 17.7 Å². The van der Waals surface area contributed by atoms with Gasteiger partial charge in [-0.25, -0.2) is 8.78 Å². The molecule has 0 aromatic carbocycles. The minimum Gasteiger partial charge on any atom is -0.351 e. The maximum atomic E-state index is 13.7. The van der Waals surface area contributed by atoms with Gasteiger partial charge < -0.3 is 21.3 Å². The van der Waals surface area contributed by atoms with E-state index in [4.69, 9.17) is 0 Å². The predicted octanol–water partition coefficient (Wildman–Crippen LogP) is 2.10. The number of rotatable bonds is 10. The van der Waals surface area contributed by atoms with E-state index < -0.39 is 83.6 Å². The van der Waals surface area contributed by atoms with E-state index in [1.165, 1.54) is 34.0 Å². The topological polar surface area (TPSA) is 129 Å². The van der Waals surface area contributed by atoms with Gasteiger partial charge in [-0.3, -0.25) is 24.2 Å². The van der Waals surface area contributed by atoms with Crippen molar-refractivity contribution >= 4 is 29.8 Å². The predicted molar refractivity (Wildman–Crippen MR) is 128 cm³/mol. The molecule has 4 amide bonds. The van der Waals surface area contributed by atoms with Gasteiger partial charge in [0.05, 0.1) is 6.04 Å². The molecule has 0 bridgehead atoms. The first kappa shape index (κ1) is 31.4. The summed E-state index contributed by atoms with van der Waals surface area (Å²) in [5.74, 6) is -9.26. The van der Waals surface area contributed by atoms with E-state index in [0.29, 0.717) is 6.42 Å². The fraction of sp³-hybridized carbons (Fsp3) is 0.792. The van der Waals surface area contributed by atoms with Gasteiger partial charge in [0.25, 0.3) is 5.92 Å². The lowest BCUT2D eigenvalue weighted by Crippen LogP contribution is -2.60. The third-order valence-corrected chi connectivity index (χ3v) is 6.55. The van der Waals surface area contributed by atoms with Gasteiger partial charge >= 0.3 is 12.1 Å². The number of hydrogen-bond donors (Lipinski definition) is 4. The van der Waals surface area contributed by atoms with E-state index >= 15 is 0 Å². The first-order valence-corrected chi connectivity index (χ1v) is 12.3. The molecule has 1 saturated carbocycles. The molecule has 216 valence electrons. The highest BCUT2D eigenvalue weighted by Gasteiger charge is 2.58. The summed E-state index contributed by atoms with van der Waals surface area (Å²) in [6.07, 6.45) is -4.22. The summed E-state index contributed by atoms with van der Waals surface area (Å²) in [6.45, 7) is 7.90. The van der Waals surface area contributed by atoms with E-state index in [1.54, 1.807) is 5.32 Å². The SMILES string of the molecule is C/N=C\[C@H](C[C@@H]1CC(C)(C)NC1=O)NC(=O)[C@H](CC1CC1(F)F)NC(=O)[C@@H](NC(=O)C(F)(F)F)C(C)(C)C. The minimum absolute atomic E-state index is 0.158. The average molecular weight is 554 g/mol. The Morgan fingerprint density at radius 1 is 1.05 bits per heavy atom. The Kier molecular flexibility index (Phi) is 9.20. The van der Waals surface area contributed by atoms with E-state index in [1.807, 2.05) is 13.8 Å². The molecular formula is C24H36F5N5O4. The molecule has 38 heavy (non-hydrogen) atoms. The summed E-state index contributed by atoms with van der Waals surface area (Å²) in [6, 6.07) is -4.03. The first-order valence-electron chi connectivity index (χ1n) is 12.3. The molecule has 5 atom stereocenters. The molecule has 0 aromatic heterocycles. The second kappa shape index (κ2) is 11.1. The Labute approximate surface area is 218 Å². The number of nitrogens with one attached hydrogen (secondary N) is 4. The summed E-state index contributed by atoms with van der Waals surface area (Å²) in [5.41, 5.74) is -1.66. The molecule has 0 spiro atoms. The second-order valence-electron chi connectivity index (χ2n) is 11.8. The van der Waals surface area contributed by atoms with Crippen molar-refractivity contribution in [3.63, 3.8) is 0 Å². The van der Waals surface area contributed by atoms with Crippen molar-refractivity contribution in [2.24, 2.45) is 22.2 Å². The summed E-state index contributed by atoms with van der Waals surface area (Å²) in [4.78, 5) is 53.9. The van der Waals surface area contributed by atoms with Crippen LogP contribution in [0.3, 0.4) is 0 Å². The zero-order valence-electron chi connectivity index (χ0n) is 22.3. The monoisotopic (exact) mass is 553 g/mol. The quantitative estimate of drug-likeness (QED) is 0.244. The molecule has 1 aliphatic carbocycles. The molecule has 9 nitrogen and oxygen atoms in total. The second-order valence-corrected chi connectivity index (χ2v) is 11.8. The molecule has 2 fully saturated rings. The van der Waals surface area contributed by atoms with Gasteiger partial charge in [-0.2, -0.15) is 13.2 Å². The van der Waals surface area contributed by atoms with Crippen LogP contribution in [-0.2, 0) is 19.2 Å². The van der Waals surface area contributed by atoms with Crippen LogP contribution in [0.4, 0.5) is 22.0 Å².